The van der Waals surface area contributed by atoms with E-state index in [1.807, 2.05) is 22.9 Å². The maximum Gasteiger partial charge on any atom is 0.336 e. The molecule has 78 valence electrons. The number of hydrogen-bond acceptors (Lipinski definition) is 4. The molecule has 0 unspecified atom stereocenters. The van der Waals surface area contributed by atoms with Crippen LogP contribution in [0.3, 0.4) is 0 Å². The van der Waals surface area contributed by atoms with Crippen LogP contribution in [0.5, 0.6) is 0 Å². The van der Waals surface area contributed by atoms with Crippen LogP contribution in [-0.4, -0.2) is 11.1 Å². The SMILES string of the molecule is O=C(O)c1ccsc1CSc1cccs1. The summed E-state index contributed by atoms with van der Waals surface area (Å²) in [5.41, 5.74) is 0.434. The molecule has 1 N–H and O–H groups in total. The zero-order valence-corrected chi connectivity index (χ0v) is 10.1. The van der Waals surface area contributed by atoms with Crippen molar-refractivity contribution in [1.82, 2.24) is 0 Å². The van der Waals surface area contributed by atoms with E-state index in [-0.39, 0.29) is 0 Å². The highest BCUT2D eigenvalue weighted by atomic mass is 32.2. The van der Waals surface area contributed by atoms with Gasteiger partial charge in [0.25, 0.3) is 0 Å². The Hall–Kier alpha value is -0.780. The summed E-state index contributed by atoms with van der Waals surface area (Å²) in [6.45, 7) is 0. The predicted octanol–water partition coefficient (Wildman–Crippen LogP) is 3.80. The van der Waals surface area contributed by atoms with E-state index in [1.54, 1.807) is 29.2 Å². The molecule has 5 heteroatoms. The Balaban J connectivity index is 2.05. The Bertz CT molecular complexity index is 445. The summed E-state index contributed by atoms with van der Waals surface area (Å²) in [7, 11) is 0. The van der Waals surface area contributed by atoms with E-state index in [1.165, 1.54) is 15.5 Å². The highest BCUT2D eigenvalue weighted by Gasteiger charge is 2.11. The number of carboxylic acids is 1. The normalized spacial score (nSPS) is 10.4. The molecule has 15 heavy (non-hydrogen) atoms. The maximum absolute atomic E-state index is 10.8. The molecule has 0 fully saturated rings. The first-order chi connectivity index (χ1) is 7.27. The van der Waals surface area contributed by atoms with Crippen LogP contribution >= 0.6 is 34.4 Å². The Morgan fingerprint density at radius 3 is 2.87 bits per heavy atom. The van der Waals surface area contributed by atoms with Gasteiger partial charge in [0.2, 0.25) is 0 Å². The largest absolute Gasteiger partial charge is 0.478 e. The van der Waals surface area contributed by atoms with Gasteiger partial charge in [0.15, 0.2) is 0 Å². The molecule has 0 saturated carbocycles. The Morgan fingerprint density at radius 1 is 1.33 bits per heavy atom. The first kappa shape index (κ1) is 10.7. The highest BCUT2D eigenvalue weighted by Crippen LogP contribution is 2.30. The van der Waals surface area contributed by atoms with E-state index < -0.39 is 5.97 Å². The number of carboxylic acid groups (broad SMARTS) is 1. The fourth-order valence-corrected chi connectivity index (χ4v) is 3.89. The Morgan fingerprint density at radius 2 is 2.20 bits per heavy atom. The molecule has 0 aliphatic heterocycles. The summed E-state index contributed by atoms with van der Waals surface area (Å²) >= 11 is 4.86. The number of carbonyl (C=O) groups is 1. The predicted molar refractivity (Wildman–Crippen MR) is 65.2 cm³/mol. The van der Waals surface area contributed by atoms with Gasteiger partial charge in [-0.2, -0.15) is 0 Å². The zero-order valence-electron chi connectivity index (χ0n) is 7.67. The number of rotatable bonds is 4. The fourth-order valence-electron chi connectivity index (χ4n) is 1.13. The summed E-state index contributed by atoms with van der Waals surface area (Å²) in [4.78, 5) is 11.8. The van der Waals surface area contributed by atoms with E-state index in [9.17, 15) is 4.79 Å². The van der Waals surface area contributed by atoms with Crippen LogP contribution in [0.1, 0.15) is 15.2 Å². The van der Waals surface area contributed by atoms with E-state index in [0.717, 1.165) is 10.6 Å². The van der Waals surface area contributed by atoms with Gasteiger partial charge < -0.3 is 5.11 Å². The summed E-state index contributed by atoms with van der Waals surface area (Å²) in [6.07, 6.45) is 0. The van der Waals surface area contributed by atoms with Crippen LogP contribution in [0.2, 0.25) is 0 Å². The molecule has 0 saturated heterocycles. The fraction of sp³-hybridized carbons (Fsp3) is 0.100. The molecule has 0 aromatic carbocycles. The van der Waals surface area contributed by atoms with Crippen LogP contribution in [0, 0.1) is 0 Å². The van der Waals surface area contributed by atoms with Crippen molar-refractivity contribution in [2.45, 2.75) is 9.96 Å². The van der Waals surface area contributed by atoms with Gasteiger partial charge in [-0.05, 0) is 22.9 Å². The molecular formula is C10H8O2S3. The van der Waals surface area contributed by atoms with Gasteiger partial charge in [0.05, 0.1) is 9.77 Å². The van der Waals surface area contributed by atoms with Crippen LogP contribution < -0.4 is 0 Å². The molecule has 2 aromatic rings. The van der Waals surface area contributed by atoms with Gasteiger partial charge in [-0.3, -0.25) is 0 Å². The molecule has 0 atom stereocenters. The second-order valence-corrected chi connectivity index (χ2v) is 6.01. The summed E-state index contributed by atoms with van der Waals surface area (Å²) in [5.74, 6) is -0.0992. The Labute approximate surface area is 99.6 Å². The topological polar surface area (TPSA) is 37.3 Å². The molecule has 2 heterocycles. The summed E-state index contributed by atoms with van der Waals surface area (Å²) < 4.78 is 1.22. The van der Waals surface area contributed by atoms with E-state index >= 15 is 0 Å². The lowest BCUT2D eigenvalue weighted by atomic mass is 10.3. The van der Waals surface area contributed by atoms with Gasteiger partial charge in [-0.25, -0.2) is 4.79 Å². The zero-order chi connectivity index (χ0) is 10.7. The molecule has 0 bridgehead atoms. The maximum atomic E-state index is 10.8. The molecule has 0 aliphatic rings. The van der Waals surface area contributed by atoms with Crippen LogP contribution in [-0.2, 0) is 5.75 Å². The van der Waals surface area contributed by atoms with Crippen LogP contribution in [0.15, 0.2) is 33.2 Å². The molecule has 0 spiro atoms. The van der Waals surface area contributed by atoms with Gasteiger partial charge in [-0.1, -0.05) is 6.07 Å². The van der Waals surface area contributed by atoms with E-state index in [2.05, 4.69) is 0 Å². The van der Waals surface area contributed by atoms with Gasteiger partial charge in [-0.15, -0.1) is 34.4 Å². The van der Waals surface area contributed by atoms with Crippen molar-refractivity contribution in [1.29, 1.82) is 0 Å². The minimum atomic E-state index is -0.835. The standard InChI is InChI=1S/C10H8O2S3/c11-10(12)7-3-5-13-8(7)6-15-9-2-1-4-14-9/h1-5H,6H2,(H,11,12). The lowest BCUT2D eigenvalue weighted by Crippen LogP contribution is -1.96. The second kappa shape index (κ2) is 4.83. The number of thiophene rings is 2. The number of thioether (sulfide) groups is 1. The molecule has 2 nitrogen and oxygen atoms in total. The molecular weight excluding hydrogens is 248 g/mol. The van der Waals surface area contributed by atoms with Crippen molar-refractivity contribution in [3.8, 4) is 0 Å². The first-order valence-corrected chi connectivity index (χ1v) is 6.98. The minimum Gasteiger partial charge on any atom is -0.478 e. The minimum absolute atomic E-state index is 0.434. The smallest absolute Gasteiger partial charge is 0.336 e. The molecule has 0 radical (unpaired) electrons. The van der Waals surface area contributed by atoms with Crippen LogP contribution in [0.4, 0.5) is 0 Å². The summed E-state index contributed by atoms with van der Waals surface area (Å²) in [6, 6.07) is 5.71. The molecule has 2 rings (SSSR count). The van der Waals surface area contributed by atoms with Crippen molar-refractivity contribution >= 4 is 40.4 Å². The third-order valence-corrected chi connectivity index (χ3v) is 5.08. The quantitative estimate of drug-likeness (QED) is 0.845. The van der Waals surface area contributed by atoms with Crippen molar-refractivity contribution in [2.24, 2.45) is 0 Å². The van der Waals surface area contributed by atoms with Crippen LogP contribution in [0.25, 0.3) is 0 Å². The van der Waals surface area contributed by atoms with Crippen molar-refractivity contribution in [3.05, 3.63) is 39.4 Å². The average molecular weight is 256 g/mol. The second-order valence-electron chi connectivity index (χ2n) is 2.78. The van der Waals surface area contributed by atoms with E-state index in [0.29, 0.717) is 5.56 Å². The summed E-state index contributed by atoms with van der Waals surface area (Å²) in [5, 5.41) is 12.8. The van der Waals surface area contributed by atoms with Crippen molar-refractivity contribution in [3.63, 3.8) is 0 Å². The van der Waals surface area contributed by atoms with Gasteiger partial charge in [0.1, 0.15) is 0 Å². The lowest BCUT2D eigenvalue weighted by Gasteiger charge is -1.97. The number of aromatic carboxylic acids is 1. The third kappa shape index (κ3) is 2.62. The number of hydrogen-bond donors (Lipinski definition) is 1. The Kier molecular flexibility index (Phi) is 3.45. The van der Waals surface area contributed by atoms with Crippen molar-refractivity contribution in [2.75, 3.05) is 0 Å². The molecule has 0 aliphatic carbocycles. The van der Waals surface area contributed by atoms with Gasteiger partial charge in [0, 0.05) is 10.6 Å². The monoisotopic (exact) mass is 256 g/mol. The third-order valence-electron chi connectivity index (χ3n) is 1.82. The molecule has 0 amide bonds. The highest BCUT2D eigenvalue weighted by molar-refractivity contribution is 8.00. The van der Waals surface area contributed by atoms with Gasteiger partial charge >= 0.3 is 5.97 Å². The first-order valence-electron chi connectivity index (χ1n) is 4.23. The average Bonchev–Trinajstić information content (AvgIpc) is 2.86. The van der Waals surface area contributed by atoms with E-state index in [4.69, 9.17) is 5.11 Å². The molecule has 2 aromatic heterocycles. The lowest BCUT2D eigenvalue weighted by molar-refractivity contribution is 0.0696. The van der Waals surface area contributed by atoms with Crippen molar-refractivity contribution < 1.29 is 9.90 Å².